The Morgan fingerprint density at radius 2 is 2.19 bits per heavy atom. The summed E-state index contributed by atoms with van der Waals surface area (Å²) in [7, 11) is 0. The monoisotopic (exact) mass is 217 g/mol. The smallest absolute Gasteiger partial charge is 0.154 e. The third-order valence-electron chi connectivity index (χ3n) is 2.94. The lowest BCUT2D eigenvalue weighted by Crippen LogP contribution is -2.28. The lowest BCUT2D eigenvalue weighted by atomic mass is 10.3. The Morgan fingerprint density at radius 3 is 3.19 bits per heavy atom. The van der Waals surface area contributed by atoms with Crippen molar-refractivity contribution in [2.45, 2.75) is 6.42 Å². The molecule has 0 spiro atoms. The summed E-state index contributed by atoms with van der Waals surface area (Å²) in [6, 6.07) is 2.01. The zero-order chi connectivity index (χ0) is 10.8. The van der Waals surface area contributed by atoms with Gasteiger partial charge >= 0.3 is 0 Å². The molecule has 1 aliphatic heterocycles. The summed E-state index contributed by atoms with van der Waals surface area (Å²) in [5.74, 6) is 1.05. The summed E-state index contributed by atoms with van der Waals surface area (Å²) in [5.41, 5.74) is 1.09. The van der Waals surface area contributed by atoms with Crippen molar-refractivity contribution in [1.29, 1.82) is 0 Å². The fraction of sp³-hybridized carbons (Fsp3) is 0.455. The number of hydrogen-bond acceptors (Lipinski definition) is 4. The van der Waals surface area contributed by atoms with E-state index in [2.05, 4.69) is 20.3 Å². The molecule has 0 amide bonds. The maximum atomic E-state index is 4.48. The van der Waals surface area contributed by atoms with E-state index in [9.17, 15) is 0 Å². The number of hydrogen-bond donors (Lipinski definition) is 1. The van der Waals surface area contributed by atoms with Gasteiger partial charge in [-0.05, 0) is 19.0 Å². The zero-order valence-electron chi connectivity index (χ0n) is 9.13. The molecule has 0 aromatic carbocycles. The molecule has 1 saturated heterocycles. The molecule has 2 aromatic rings. The number of anilines is 1. The molecule has 3 heterocycles. The van der Waals surface area contributed by atoms with Crippen molar-refractivity contribution >= 4 is 11.3 Å². The second-order valence-corrected chi connectivity index (χ2v) is 4.00. The summed E-state index contributed by atoms with van der Waals surface area (Å²) < 4.78 is 1.88. The largest absolute Gasteiger partial charge is 0.354 e. The minimum absolute atomic E-state index is 1.01. The molecule has 0 atom stereocenters. The maximum absolute atomic E-state index is 4.48. The van der Waals surface area contributed by atoms with Gasteiger partial charge in [0.15, 0.2) is 5.82 Å². The summed E-state index contributed by atoms with van der Waals surface area (Å²) in [4.78, 5) is 6.81. The van der Waals surface area contributed by atoms with E-state index in [1.807, 2.05) is 29.2 Å². The van der Waals surface area contributed by atoms with Crippen LogP contribution in [0.3, 0.4) is 0 Å². The van der Waals surface area contributed by atoms with Crippen molar-refractivity contribution in [2.24, 2.45) is 0 Å². The van der Waals surface area contributed by atoms with E-state index in [-0.39, 0.29) is 0 Å². The summed E-state index contributed by atoms with van der Waals surface area (Å²) in [6.07, 6.45) is 6.68. The molecular formula is C11H15N5. The molecular weight excluding hydrogens is 202 g/mol. The quantitative estimate of drug-likeness (QED) is 0.757. The molecule has 1 N–H and O–H groups in total. The predicted molar refractivity (Wildman–Crippen MR) is 62.7 cm³/mol. The highest BCUT2D eigenvalue weighted by atomic mass is 15.3. The van der Waals surface area contributed by atoms with Crippen LogP contribution in [0.25, 0.3) is 5.52 Å². The molecule has 0 bridgehead atoms. The van der Waals surface area contributed by atoms with Crippen molar-refractivity contribution < 1.29 is 0 Å². The summed E-state index contributed by atoms with van der Waals surface area (Å²) >= 11 is 0. The highest BCUT2D eigenvalue weighted by molar-refractivity contribution is 5.68. The SMILES string of the molecule is c1cn2nccc2c(N2CCCNCC2)n1. The third-order valence-corrected chi connectivity index (χ3v) is 2.94. The molecule has 0 saturated carbocycles. The average Bonchev–Trinajstić information content (AvgIpc) is 2.63. The van der Waals surface area contributed by atoms with E-state index in [1.165, 1.54) is 0 Å². The minimum atomic E-state index is 1.01. The molecule has 2 aromatic heterocycles. The topological polar surface area (TPSA) is 45.5 Å². The number of nitrogens with one attached hydrogen (secondary N) is 1. The zero-order valence-corrected chi connectivity index (χ0v) is 9.13. The Bertz CT molecular complexity index is 470. The summed E-state index contributed by atoms with van der Waals surface area (Å²) in [5, 5.41) is 7.63. The summed E-state index contributed by atoms with van der Waals surface area (Å²) in [6.45, 7) is 4.19. The van der Waals surface area contributed by atoms with Crippen LogP contribution < -0.4 is 10.2 Å². The van der Waals surface area contributed by atoms with Gasteiger partial charge in [0.1, 0.15) is 5.52 Å². The van der Waals surface area contributed by atoms with Crippen molar-refractivity contribution in [3.05, 3.63) is 24.7 Å². The molecule has 5 heteroatoms. The molecule has 16 heavy (non-hydrogen) atoms. The second kappa shape index (κ2) is 4.09. The van der Waals surface area contributed by atoms with Crippen LogP contribution in [0, 0.1) is 0 Å². The number of aromatic nitrogens is 3. The van der Waals surface area contributed by atoms with Gasteiger partial charge in [-0.1, -0.05) is 0 Å². The molecule has 0 radical (unpaired) electrons. The number of rotatable bonds is 1. The first-order chi connectivity index (χ1) is 7.95. The van der Waals surface area contributed by atoms with Gasteiger partial charge in [-0.2, -0.15) is 5.10 Å². The van der Waals surface area contributed by atoms with Crippen LogP contribution in [-0.4, -0.2) is 40.8 Å². The third kappa shape index (κ3) is 1.63. The highest BCUT2D eigenvalue weighted by Gasteiger charge is 2.13. The number of fused-ring (bicyclic) bond motifs is 1. The van der Waals surface area contributed by atoms with Gasteiger partial charge in [0.2, 0.25) is 0 Å². The molecule has 1 aliphatic rings. The van der Waals surface area contributed by atoms with E-state index >= 15 is 0 Å². The molecule has 84 valence electrons. The lowest BCUT2D eigenvalue weighted by Gasteiger charge is -2.21. The first-order valence-corrected chi connectivity index (χ1v) is 5.69. The maximum Gasteiger partial charge on any atom is 0.154 e. The van der Waals surface area contributed by atoms with Gasteiger partial charge in [0, 0.05) is 32.0 Å². The van der Waals surface area contributed by atoms with E-state index in [1.54, 1.807) is 0 Å². The standard InChI is InChI=1S/C11H15N5/c1-3-12-5-8-15(7-1)11-10-2-4-14-16(10)9-6-13-11/h2,4,6,9,12H,1,3,5,7-8H2. The van der Waals surface area contributed by atoms with E-state index < -0.39 is 0 Å². The van der Waals surface area contributed by atoms with Crippen LogP contribution in [0.1, 0.15) is 6.42 Å². The molecule has 5 nitrogen and oxygen atoms in total. The van der Waals surface area contributed by atoms with Crippen LogP contribution >= 0.6 is 0 Å². The molecule has 0 unspecified atom stereocenters. The second-order valence-electron chi connectivity index (χ2n) is 4.00. The van der Waals surface area contributed by atoms with Crippen LogP contribution in [-0.2, 0) is 0 Å². The van der Waals surface area contributed by atoms with Crippen LogP contribution in [0.5, 0.6) is 0 Å². The Morgan fingerprint density at radius 1 is 1.19 bits per heavy atom. The van der Waals surface area contributed by atoms with Gasteiger partial charge in [-0.3, -0.25) is 0 Å². The van der Waals surface area contributed by atoms with Crippen LogP contribution in [0.2, 0.25) is 0 Å². The fourth-order valence-electron chi connectivity index (χ4n) is 2.14. The lowest BCUT2D eigenvalue weighted by molar-refractivity contribution is 0.724. The van der Waals surface area contributed by atoms with Gasteiger partial charge < -0.3 is 10.2 Å². The predicted octanol–water partition coefficient (Wildman–Crippen LogP) is 0.529. The van der Waals surface area contributed by atoms with Crippen molar-refractivity contribution in [3.8, 4) is 0 Å². The molecule has 3 rings (SSSR count). The Balaban J connectivity index is 2.00. The van der Waals surface area contributed by atoms with Gasteiger partial charge in [-0.25, -0.2) is 9.50 Å². The van der Waals surface area contributed by atoms with Crippen LogP contribution in [0.15, 0.2) is 24.7 Å². The number of nitrogens with zero attached hydrogens (tertiary/aromatic N) is 4. The van der Waals surface area contributed by atoms with Gasteiger partial charge in [0.25, 0.3) is 0 Å². The Hall–Kier alpha value is -1.62. The van der Waals surface area contributed by atoms with Crippen molar-refractivity contribution in [1.82, 2.24) is 19.9 Å². The van der Waals surface area contributed by atoms with Crippen LogP contribution in [0.4, 0.5) is 5.82 Å². The fourth-order valence-corrected chi connectivity index (χ4v) is 2.14. The Kier molecular flexibility index (Phi) is 2.46. The van der Waals surface area contributed by atoms with Crippen molar-refractivity contribution in [3.63, 3.8) is 0 Å². The molecule has 1 fully saturated rings. The Labute approximate surface area is 94.1 Å². The highest BCUT2D eigenvalue weighted by Crippen LogP contribution is 2.18. The average molecular weight is 217 g/mol. The molecule has 0 aliphatic carbocycles. The van der Waals surface area contributed by atoms with E-state index in [0.717, 1.165) is 43.9 Å². The normalized spacial score (nSPS) is 17.6. The first-order valence-electron chi connectivity index (χ1n) is 5.69. The van der Waals surface area contributed by atoms with Gasteiger partial charge in [0.05, 0.1) is 6.20 Å². The van der Waals surface area contributed by atoms with E-state index in [0.29, 0.717) is 0 Å². The van der Waals surface area contributed by atoms with E-state index in [4.69, 9.17) is 0 Å². The first kappa shape index (κ1) is 9.59. The minimum Gasteiger partial charge on any atom is -0.354 e. The van der Waals surface area contributed by atoms with Crippen molar-refractivity contribution in [2.75, 3.05) is 31.1 Å². The van der Waals surface area contributed by atoms with Gasteiger partial charge in [-0.15, -0.1) is 0 Å².